The Kier molecular flexibility index (Phi) is 3.91. The molecule has 96 valence electrons. The van der Waals surface area contributed by atoms with Gasteiger partial charge < -0.3 is 10.1 Å². The van der Waals surface area contributed by atoms with Gasteiger partial charge in [-0.15, -0.1) is 11.8 Å². The Morgan fingerprint density at radius 2 is 2.33 bits per heavy atom. The summed E-state index contributed by atoms with van der Waals surface area (Å²) in [6.07, 6.45) is 0.579. The molecule has 0 saturated heterocycles. The first-order valence-electron chi connectivity index (χ1n) is 5.72. The summed E-state index contributed by atoms with van der Waals surface area (Å²) in [6, 6.07) is 5.92. The highest BCUT2D eigenvalue weighted by Gasteiger charge is 2.24. The summed E-state index contributed by atoms with van der Waals surface area (Å²) >= 11 is 1.55. The molecule has 1 unspecified atom stereocenters. The second-order valence-electron chi connectivity index (χ2n) is 4.27. The first kappa shape index (κ1) is 13.0. The predicted molar refractivity (Wildman–Crippen MR) is 70.7 cm³/mol. The van der Waals surface area contributed by atoms with E-state index in [4.69, 9.17) is 0 Å². The average molecular weight is 265 g/mol. The fraction of sp³-hybridized carbons (Fsp3) is 0.385. The lowest BCUT2D eigenvalue weighted by Gasteiger charge is -2.11. The minimum atomic E-state index is -0.282. The van der Waals surface area contributed by atoms with E-state index in [1.165, 1.54) is 7.11 Å². The molecule has 2 rings (SSSR count). The van der Waals surface area contributed by atoms with Gasteiger partial charge in [0, 0.05) is 16.6 Å². The Hall–Kier alpha value is -1.49. The number of hydrogen-bond donors (Lipinski definition) is 1. The number of ether oxygens (including phenoxy) is 1. The van der Waals surface area contributed by atoms with Crippen LogP contribution in [-0.2, 0) is 14.3 Å². The number of aryl methyl sites for hydroxylation is 1. The highest BCUT2D eigenvalue weighted by molar-refractivity contribution is 8.00. The van der Waals surface area contributed by atoms with Crippen LogP contribution in [0.4, 0.5) is 5.69 Å². The van der Waals surface area contributed by atoms with Crippen LogP contribution in [-0.4, -0.2) is 24.2 Å². The van der Waals surface area contributed by atoms with E-state index in [0.29, 0.717) is 6.42 Å². The Morgan fingerprint density at radius 1 is 1.56 bits per heavy atom. The predicted octanol–water partition coefficient (Wildman–Crippen LogP) is 2.36. The lowest BCUT2D eigenvalue weighted by Crippen LogP contribution is -2.18. The van der Waals surface area contributed by atoms with Crippen molar-refractivity contribution in [1.29, 1.82) is 0 Å². The summed E-state index contributed by atoms with van der Waals surface area (Å²) in [5, 5.41) is 2.80. The zero-order chi connectivity index (χ0) is 13.1. The van der Waals surface area contributed by atoms with Gasteiger partial charge in [0.05, 0.1) is 19.2 Å². The molecule has 0 aromatic heterocycles. The molecule has 0 spiro atoms. The van der Waals surface area contributed by atoms with Crippen molar-refractivity contribution in [2.75, 3.05) is 12.4 Å². The van der Waals surface area contributed by atoms with Crippen molar-refractivity contribution in [2.45, 2.75) is 29.9 Å². The number of anilines is 1. The molecule has 5 heteroatoms. The second-order valence-corrected chi connectivity index (χ2v) is 5.61. The van der Waals surface area contributed by atoms with Crippen molar-refractivity contribution < 1.29 is 14.3 Å². The maximum Gasteiger partial charge on any atom is 0.306 e. The normalized spacial score (nSPS) is 18.6. The molecule has 1 atom stereocenters. The van der Waals surface area contributed by atoms with E-state index in [-0.39, 0.29) is 23.5 Å². The van der Waals surface area contributed by atoms with Crippen LogP contribution in [0.5, 0.6) is 0 Å². The van der Waals surface area contributed by atoms with Crippen LogP contribution < -0.4 is 5.32 Å². The number of methoxy groups -OCH3 is 1. The summed E-state index contributed by atoms with van der Waals surface area (Å²) in [6.45, 7) is 1.98. The number of rotatable bonds is 2. The molecule has 0 saturated carbocycles. The van der Waals surface area contributed by atoms with E-state index in [9.17, 15) is 9.59 Å². The molecule has 1 aliphatic rings. The van der Waals surface area contributed by atoms with Gasteiger partial charge in [-0.1, -0.05) is 6.07 Å². The van der Waals surface area contributed by atoms with Crippen LogP contribution in [0.15, 0.2) is 23.1 Å². The van der Waals surface area contributed by atoms with E-state index < -0.39 is 0 Å². The fourth-order valence-corrected chi connectivity index (χ4v) is 3.05. The number of esters is 1. The molecule has 1 aliphatic heterocycles. The van der Waals surface area contributed by atoms with Gasteiger partial charge in [-0.2, -0.15) is 0 Å². The second kappa shape index (κ2) is 5.44. The average Bonchev–Trinajstić information content (AvgIpc) is 2.46. The Labute approximate surface area is 110 Å². The third kappa shape index (κ3) is 3.04. The zero-order valence-electron chi connectivity index (χ0n) is 10.4. The Morgan fingerprint density at radius 3 is 3.06 bits per heavy atom. The third-order valence-electron chi connectivity index (χ3n) is 2.74. The SMILES string of the molecule is COC(=O)CC1CC(=O)Nc2cc(C)ccc2S1. The van der Waals surface area contributed by atoms with E-state index in [1.807, 2.05) is 25.1 Å². The lowest BCUT2D eigenvalue weighted by atomic mass is 10.2. The number of amides is 1. The van der Waals surface area contributed by atoms with Crippen molar-refractivity contribution in [2.24, 2.45) is 0 Å². The molecular weight excluding hydrogens is 250 g/mol. The van der Waals surface area contributed by atoms with Crippen LogP contribution in [0.2, 0.25) is 0 Å². The zero-order valence-corrected chi connectivity index (χ0v) is 11.2. The highest BCUT2D eigenvalue weighted by Crippen LogP contribution is 2.36. The number of carbonyl (C=O) groups excluding carboxylic acids is 2. The fourth-order valence-electron chi connectivity index (χ4n) is 1.86. The summed E-state index contributed by atoms with van der Waals surface area (Å²) in [4.78, 5) is 24.1. The van der Waals surface area contributed by atoms with Crippen molar-refractivity contribution in [3.05, 3.63) is 23.8 Å². The minimum Gasteiger partial charge on any atom is -0.469 e. The number of benzene rings is 1. The number of thioether (sulfide) groups is 1. The van der Waals surface area contributed by atoms with Crippen LogP contribution in [0.1, 0.15) is 18.4 Å². The van der Waals surface area contributed by atoms with Gasteiger partial charge in [-0.25, -0.2) is 0 Å². The maximum absolute atomic E-state index is 11.8. The van der Waals surface area contributed by atoms with Crippen molar-refractivity contribution >= 4 is 29.3 Å². The third-order valence-corrected chi connectivity index (χ3v) is 4.01. The molecule has 0 fully saturated rings. The molecule has 1 aromatic carbocycles. The van der Waals surface area contributed by atoms with Gasteiger partial charge in [0.2, 0.25) is 5.91 Å². The largest absolute Gasteiger partial charge is 0.469 e. The first-order chi connectivity index (χ1) is 8.58. The quantitative estimate of drug-likeness (QED) is 0.834. The van der Waals surface area contributed by atoms with Crippen LogP contribution in [0.3, 0.4) is 0 Å². The topological polar surface area (TPSA) is 55.4 Å². The molecule has 0 aliphatic carbocycles. The van der Waals surface area contributed by atoms with E-state index in [2.05, 4.69) is 10.1 Å². The van der Waals surface area contributed by atoms with Gasteiger partial charge in [-0.05, 0) is 24.6 Å². The molecule has 4 nitrogen and oxygen atoms in total. The number of hydrogen-bond acceptors (Lipinski definition) is 4. The number of carbonyl (C=O) groups is 2. The number of nitrogens with one attached hydrogen (secondary N) is 1. The summed E-state index contributed by atoms with van der Waals surface area (Å²) in [5.41, 5.74) is 1.93. The molecule has 1 aromatic rings. The van der Waals surface area contributed by atoms with Crippen molar-refractivity contribution in [3.8, 4) is 0 Å². The van der Waals surface area contributed by atoms with Gasteiger partial charge in [0.1, 0.15) is 0 Å². The monoisotopic (exact) mass is 265 g/mol. The Bertz CT molecular complexity index is 487. The van der Waals surface area contributed by atoms with Crippen molar-refractivity contribution in [3.63, 3.8) is 0 Å². The van der Waals surface area contributed by atoms with Gasteiger partial charge in [-0.3, -0.25) is 9.59 Å². The van der Waals surface area contributed by atoms with Crippen LogP contribution in [0.25, 0.3) is 0 Å². The Balaban J connectivity index is 2.21. The van der Waals surface area contributed by atoms with Crippen molar-refractivity contribution in [1.82, 2.24) is 0 Å². The molecular formula is C13H15NO3S. The molecule has 1 heterocycles. The molecule has 0 radical (unpaired) electrons. The van der Waals surface area contributed by atoms with E-state index in [1.54, 1.807) is 11.8 Å². The van der Waals surface area contributed by atoms with Gasteiger partial charge in [0.15, 0.2) is 0 Å². The number of fused-ring (bicyclic) bond motifs is 1. The summed E-state index contributed by atoms with van der Waals surface area (Å²) < 4.78 is 4.65. The lowest BCUT2D eigenvalue weighted by molar-refractivity contribution is -0.140. The molecule has 18 heavy (non-hydrogen) atoms. The molecule has 0 bridgehead atoms. The van der Waals surface area contributed by atoms with E-state index in [0.717, 1.165) is 16.1 Å². The standard InChI is InChI=1S/C13H15NO3S/c1-8-3-4-11-10(5-8)14-12(15)6-9(18-11)7-13(16)17-2/h3-5,9H,6-7H2,1-2H3,(H,14,15). The summed E-state index contributed by atoms with van der Waals surface area (Å²) in [7, 11) is 1.36. The first-order valence-corrected chi connectivity index (χ1v) is 6.60. The summed E-state index contributed by atoms with van der Waals surface area (Å²) in [5.74, 6) is -0.336. The molecule has 1 amide bonds. The highest BCUT2D eigenvalue weighted by atomic mass is 32.2. The minimum absolute atomic E-state index is 0.0549. The maximum atomic E-state index is 11.8. The smallest absolute Gasteiger partial charge is 0.306 e. The van der Waals surface area contributed by atoms with E-state index >= 15 is 0 Å². The van der Waals surface area contributed by atoms with Gasteiger partial charge >= 0.3 is 5.97 Å². The van der Waals surface area contributed by atoms with Crippen LogP contribution >= 0.6 is 11.8 Å². The van der Waals surface area contributed by atoms with Crippen LogP contribution in [0, 0.1) is 6.92 Å². The molecule has 1 N–H and O–H groups in total. The van der Waals surface area contributed by atoms with Gasteiger partial charge in [0.25, 0.3) is 0 Å².